The second-order valence-electron chi connectivity index (χ2n) is 3.15. The van der Waals surface area contributed by atoms with E-state index in [1.165, 1.54) is 4.90 Å². The fraction of sp³-hybridized carbons (Fsp3) is 0.857. The third-order valence-corrected chi connectivity index (χ3v) is 2.85. The zero-order valence-corrected chi connectivity index (χ0v) is 7.63. The van der Waals surface area contributed by atoms with Crippen LogP contribution in [0.15, 0.2) is 0 Å². The highest BCUT2D eigenvalue weighted by atomic mass is 32.1. The average Bonchev–Trinajstić information content (AvgIpc) is 2.05. The first-order valence-corrected chi connectivity index (χ1v) is 4.52. The summed E-state index contributed by atoms with van der Waals surface area (Å²) in [6.45, 7) is 0.818. The maximum atomic E-state index is 10.5. The lowest BCUT2D eigenvalue weighted by Gasteiger charge is -2.35. The molecule has 0 aliphatic carbocycles. The summed E-state index contributed by atoms with van der Waals surface area (Å²) in [6, 6.07) is 0. The van der Waals surface area contributed by atoms with Gasteiger partial charge in [-0.2, -0.15) is 12.6 Å². The Morgan fingerprint density at radius 2 is 2.00 bits per heavy atom. The molecule has 1 saturated heterocycles. The molecule has 0 bridgehead atoms. The van der Waals surface area contributed by atoms with E-state index in [4.69, 9.17) is 5.11 Å². The van der Waals surface area contributed by atoms with Crippen molar-refractivity contribution in [2.75, 3.05) is 18.8 Å². The number of thiol groups is 1. The van der Waals surface area contributed by atoms with Crippen molar-refractivity contribution in [2.24, 2.45) is 0 Å². The first-order valence-electron chi connectivity index (χ1n) is 3.88. The molecule has 0 radical (unpaired) electrons. The number of rotatable bonds is 1. The van der Waals surface area contributed by atoms with Crippen LogP contribution in [0.3, 0.4) is 0 Å². The molecule has 0 aromatic rings. The zero-order valence-electron chi connectivity index (χ0n) is 6.73. The first-order chi connectivity index (χ1) is 5.57. The molecule has 0 atom stereocenters. The molecule has 4 nitrogen and oxygen atoms in total. The summed E-state index contributed by atoms with van der Waals surface area (Å²) in [6.07, 6.45) is 0.0715. The number of likely N-dealkylation sites (tertiary alicyclic amines) is 1. The van der Waals surface area contributed by atoms with Crippen LogP contribution in [0.1, 0.15) is 12.8 Å². The monoisotopic (exact) mass is 191 g/mol. The number of carboxylic acid groups (broad SMARTS) is 1. The normalized spacial score (nSPS) is 22.3. The van der Waals surface area contributed by atoms with E-state index in [0.717, 1.165) is 0 Å². The van der Waals surface area contributed by atoms with Crippen LogP contribution in [-0.4, -0.2) is 45.6 Å². The van der Waals surface area contributed by atoms with Gasteiger partial charge in [-0.3, -0.25) is 0 Å². The number of hydrogen-bond acceptors (Lipinski definition) is 3. The van der Waals surface area contributed by atoms with E-state index < -0.39 is 11.7 Å². The molecule has 1 heterocycles. The van der Waals surface area contributed by atoms with E-state index in [2.05, 4.69) is 12.6 Å². The first kappa shape index (κ1) is 9.67. The van der Waals surface area contributed by atoms with Gasteiger partial charge >= 0.3 is 6.09 Å². The molecule has 0 saturated carbocycles. The predicted molar refractivity (Wildman–Crippen MR) is 47.6 cm³/mol. The molecule has 5 heteroatoms. The molecule has 0 aromatic carbocycles. The minimum Gasteiger partial charge on any atom is -0.465 e. The lowest BCUT2D eigenvalue weighted by Crippen LogP contribution is -2.47. The van der Waals surface area contributed by atoms with E-state index in [1.54, 1.807) is 0 Å². The fourth-order valence-corrected chi connectivity index (χ4v) is 1.59. The van der Waals surface area contributed by atoms with Gasteiger partial charge in [-0.15, -0.1) is 0 Å². The number of hydrogen-bond donors (Lipinski definition) is 3. The SMILES string of the molecule is O=C(O)N1CCC(O)(CS)CC1. The number of piperidine rings is 1. The smallest absolute Gasteiger partial charge is 0.407 e. The Morgan fingerprint density at radius 3 is 2.33 bits per heavy atom. The Bertz CT molecular complexity index is 177. The molecule has 70 valence electrons. The molecular formula is C7H13NO3S. The summed E-state index contributed by atoms with van der Waals surface area (Å²) in [5.74, 6) is 0.403. The summed E-state index contributed by atoms with van der Waals surface area (Å²) >= 11 is 4.01. The van der Waals surface area contributed by atoms with Gasteiger partial charge in [0, 0.05) is 18.8 Å². The Morgan fingerprint density at radius 1 is 1.50 bits per heavy atom. The molecular weight excluding hydrogens is 178 g/mol. The maximum Gasteiger partial charge on any atom is 0.407 e. The predicted octanol–water partition coefficient (Wildman–Crippen LogP) is 0.421. The second-order valence-corrected chi connectivity index (χ2v) is 3.47. The number of amides is 1. The minimum absolute atomic E-state index is 0.403. The van der Waals surface area contributed by atoms with Crippen LogP contribution >= 0.6 is 12.6 Å². The minimum atomic E-state index is -0.906. The van der Waals surface area contributed by atoms with E-state index in [1.807, 2.05) is 0 Å². The second kappa shape index (κ2) is 3.53. The largest absolute Gasteiger partial charge is 0.465 e. The number of nitrogens with zero attached hydrogens (tertiary/aromatic N) is 1. The lowest BCUT2D eigenvalue weighted by molar-refractivity contribution is 0.00306. The van der Waals surface area contributed by atoms with Crippen LogP contribution in [-0.2, 0) is 0 Å². The molecule has 0 aromatic heterocycles. The highest BCUT2D eigenvalue weighted by Gasteiger charge is 2.32. The molecule has 1 rings (SSSR count). The Kier molecular flexibility index (Phi) is 2.85. The van der Waals surface area contributed by atoms with Gasteiger partial charge in [0.2, 0.25) is 0 Å². The fourth-order valence-electron chi connectivity index (χ4n) is 1.27. The van der Waals surface area contributed by atoms with Gasteiger partial charge in [0.05, 0.1) is 5.60 Å². The molecule has 12 heavy (non-hydrogen) atoms. The van der Waals surface area contributed by atoms with Crippen LogP contribution in [0.2, 0.25) is 0 Å². The van der Waals surface area contributed by atoms with Gasteiger partial charge in [-0.05, 0) is 12.8 Å². The Hall–Kier alpha value is -0.420. The Balaban J connectivity index is 2.44. The molecule has 0 spiro atoms. The maximum absolute atomic E-state index is 10.5. The molecule has 1 aliphatic heterocycles. The van der Waals surface area contributed by atoms with Gasteiger partial charge < -0.3 is 15.1 Å². The van der Waals surface area contributed by atoms with Crippen LogP contribution in [0, 0.1) is 0 Å². The van der Waals surface area contributed by atoms with Crippen LogP contribution in [0.5, 0.6) is 0 Å². The molecule has 2 N–H and O–H groups in total. The van der Waals surface area contributed by atoms with Crippen molar-refractivity contribution in [3.8, 4) is 0 Å². The van der Waals surface area contributed by atoms with Crippen LogP contribution < -0.4 is 0 Å². The lowest BCUT2D eigenvalue weighted by atomic mass is 9.94. The number of carbonyl (C=O) groups is 1. The van der Waals surface area contributed by atoms with E-state index in [-0.39, 0.29) is 0 Å². The van der Waals surface area contributed by atoms with Gasteiger partial charge in [-0.25, -0.2) is 4.79 Å². The van der Waals surface area contributed by atoms with Gasteiger partial charge in [0.15, 0.2) is 0 Å². The summed E-state index contributed by atoms with van der Waals surface area (Å²) in [4.78, 5) is 11.8. The summed E-state index contributed by atoms with van der Waals surface area (Å²) in [7, 11) is 0. The van der Waals surface area contributed by atoms with Crippen molar-refractivity contribution in [1.82, 2.24) is 4.90 Å². The van der Waals surface area contributed by atoms with Crippen LogP contribution in [0.25, 0.3) is 0 Å². The third kappa shape index (κ3) is 2.04. The molecule has 1 aliphatic rings. The Labute approximate surface area is 76.6 Å². The highest BCUT2D eigenvalue weighted by molar-refractivity contribution is 7.80. The van der Waals surface area contributed by atoms with Gasteiger partial charge in [-0.1, -0.05) is 0 Å². The molecule has 1 fully saturated rings. The van der Waals surface area contributed by atoms with Gasteiger partial charge in [0.1, 0.15) is 0 Å². The van der Waals surface area contributed by atoms with E-state index >= 15 is 0 Å². The van der Waals surface area contributed by atoms with Gasteiger partial charge in [0.25, 0.3) is 0 Å². The van der Waals surface area contributed by atoms with Crippen molar-refractivity contribution in [3.63, 3.8) is 0 Å². The summed E-state index contributed by atoms with van der Waals surface area (Å²) in [5, 5.41) is 18.3. The zero-order chi connectivity index (χ0) is 9.19. The van der Waals surface area contributed by atoms with Crippen LogP contribution in [0.4, 0.5) is 4.79 Å². The molecule has 1 amide bonds. The van der Waals surface area contributed by atoms with Crippen molar-refractivity contribution < 1.29 is 15.0 Å². The summed E-state index contributed by atoms with van der Waals surface area (Å²) < 4.78 is 0. The standard InChI is InChI=1S/C7H13NO3S/c9-6(10)8-3-1-7(11,5-12)2-4-8/h11-12H,1-5H2,(H,9,10). The molecule has 0 unspecified atom stereocenters. The van der Waals surface area contributed by atoms with E-state index in [9.17, 15) is 9.90 Å². The average molecular weight is 191 g/mol. The van der Waals surface area contributed by atoms with Crippen molar-refractivity contribution in [3.05, 3.63) is 0 Å². The number of aliphatic hydroxyl groups is 1. The topological polar surface area (TPSA) is 60.8 Å². The summed E-state index contributed by atoms with van der Waals surface area (Å²) in [5.41, 5.74) is -0.755. The van der Waals surface area contributed by atoms with Crippen molar-refractivity contribution in [2.45, 2.75) is 18.4 Å². The van der Waals surface area contributed by atoms with Crippen molar-refractivity contribution in [1.29, 1.82) is 0 Å². The highest BCUT2D eigenvalue weighted by Crippen LogP contribution is 2.22. The van der Waals surface area contributed by atoms with Crippen molar-refractivity contribution >= 4 is 18.7 Å². The van der Waals surface area contributed by atoms with E-state index in [0.29, 0.717) is 31.7 Å². The quantitative estimate of drug-likeness (QED) is 0.526. The third-order valence-electron chi connectivity index (χ3n) is 2.26.